The highest BCUT2D eigenvalue weighted by molar-refractivity contribution is 5.93. The predicted octanol–water partition coefficient (Wildman–Crippen LogP) is 4.72. The molecule has 1 aromatic carbocycles. The molecule has 5 aromatic rings. The number of hydrogen-bond donors (Lipinski definition) is 2. The molecule has 0 unspecified atom stereocenters. The Morgan fingerprint density at radius 1 is 1.00 bits per heavy atom. The highest BCUT2D eigenvalue weighted by Crippen LogP contribution is 2.30. The number of rotatable bonds is 5. The number of imidazole rings is 1. The number of fused-ring (bicyclic) bond motifs is 2. The van der Waals surface area contributed by atoms with E-state index in [0.717, 1.165) is 46.5 Å². The second-order valence-corrected chi connectivity index (χ2v) is 8.55. The van der Waals surface area contributed by atoms with Crippen molar-refractivity contribution in [3.63, 3.8) is 0 Å². The molecule has 5 heterocycles. The molecule has 0 amide bonds. The highest BCUT2D eigenvalue weighted by atomic mass is 15.2. The van der Waals surface area contributed by atoms with Gasteiger partial charge in [-0.05, 0) is 67.2 Å². The lowest BCUT2D eigenvalue weighted by Crippen LogP contribution is -2.18. The van der Waals surface area contributed by atoms with Crippen molar-refractivity contribution >= 4 is 22.1 Å². The van der Waals surface area contributed by atoms with Crippen LogP contribution in [0.1, 0.15) is 30.9 Å². The van der Waals surface area contributed by atoms with Gasteiger partial charge in [0.15, 0.2) is 11.5 Å². The van der Waals surface area contributed by atoms with E-state index in [2.05, 4.69) is 61.2 Å². The number of hydrogen-bond acceptors (Lipinski definition) is 5. The standard InChI is InChI=1S/C25H25N7/c1-2-16-9-17(15-32-7-3-4-8-32)11-18(10-16)19-12-20-23(30-31-24(20)27-13-19)25-28-21-5-6-26-14-22(21)29-25/h5-6,9-14H,2-4,7-8,15H2,1H3,(H,28,29)(H,27,30,31). The van der Waals surface area contributed by atoms with Crippen LogP contribution in [0.5, 0.6) is 0 Å². The van der Waals surface area contributed by atoms with Crippen LogP contribution in [0.2, 0.25) is 0 Å². The zero-order valence-electron chi connectivity index (χ0n) is 18.1. The van der Waals surface area contributed by atoms with Crippen molar-refractivity contribution in [1.82, 2.24) is 35.0 Å². The molecule has 0 bridgehead atoms. The first-order valence-corrected chi connectivity index (χ1v) is 11.3. The second kappa shape index (κ2) is 7.84. The van der Waals surface area contributed by atoms with Crippen LogP contribution in [0.15, 0.2) is 48.9 Å². The molecule has 0 spiro atoms. The van der Waals surface area contributed by atoms with Crippen LogP contribution >= 0.6 is 0 Å². The largest absolute Gasteiger partial charge is 0.335 e. The summed E-state index contributed by atoms with van der Waals surface area (Å²) in [5.41, 5.74) is 8.33. The molecule has 160 valence electrons. The number of benzene rings is 1. The predicted molar refractivity (Wildman–Crippen MR) is 126 cm³/mol. The summed E-state index contributed by atoms with van der Waals surface area (Å²) in [6.07, 6.45) is 9.08. The normalized spacial score (nSPS) is 14.7. The number of aromatic nitrogens is 6. The molecule has 0 saturated carbocycles. The number of aryl methyl sites for hydroxylation is 1. The number of nitrogens with zero attached hydrogens (tertiary/aromatic N) is 5. The summed E-state index contributed by atoms with van der Waals surface area (Å²) < 4.78 is 0. The average Bonchev–Trinajstić information content (AvgIpc) is 3.57. The van der Waals surface area contributed by atoms with E-state index in [0.29, 0.717) is 5.65 Å². The molecule has 1 saturated heterocycles. The Balaban J connectivity index is 1.42. The Morgan fingerprint density at radius 3 is 2.72 bits per heavy atom. The molecular weight excluding hydrogens is 398 g/mol. The molecule has 7 heteroatoms. The third-order valence-electron chi connectivity index (χ3n) is 6.33. The Kier molecular flexibility index (Phi) is 4.69. The summed E-state index contributed by atoms with van der Waals surface area (Å²) in [6, 6.07) is 11.0. The lowest BCUT2D eigenvalue weighted by molar-refractivity contribution is 0.331. The van der Waals surface area contributed by atoms with E-state index in [4.69, 9.17) is 4.98 Å². The first kappa shape index (κ1) is 19.1. The van der Waals surface area contributed by atoms with Crippen molar-refractivity contribution < 1.29 is 0 Å². The van der Waals surface area contributed by atoms with Gasteiger partial charge < -0.3 is 4.98 Å². The fourth-order valence-corrected chi connectivity index (χ4v) is 4.64. The van der Waals surface area contributed by atoms with Crippen LogP contribution in [0.25, 0.3) is 44.7 Å². The van der Waals surface area contributed by atoms with Gasteiger partial charge in [-0.3, -0.25) is 15.0 Å². The molecule has 7 nitrogen and oxygen atoms in total. The van der Waals surface area contributed by atoms with Crippen molar-refractivity contribution in [2.24, 2.45) is 0 Å². The van der Waals surface area contributed by atoms with Crippen molar-refractivity contribution in [1.29, 1.82) is 0 Å². The van der Waals surface area contributed by atoms with Gasteiger partial charge in [-0.15, -0.1) is 0 Å². The number of nitrogens with one attached hydrogen (secondary N) is 2. The van der Waals surface area contributed by atoms with E-state index in [1.165, 1.54) is 42.6 Å². The highest BCUT2D eigenvalue weighted by Gasteiger charge is 2.16. The summed E-state index contributed by atoms with van der Waals surface area (Å²) in [5, 5.41) is 8.48. The Bertz CT molecular complexity index is 1380. The van der Waals surface area contributed by atoms with Gasteiger partial charge in [-0.2, -0.15) is 5.10 Å². The van der Waals surface area contributed by atoms with Crippen LogP contribution in [0, 0.1) is 0 Å². The minimum absolute atomic E-state index is 0.686. The smallest absolute Gasteiger partial charge is 0.181 e. The van der Waals surface area contributed by atoms with Crippen LogP contribution in [-0.4, -0.2) is 48.1 Å². The molecule has 1 fully saturated rings. The fraction of sp³-hybridized carbons (Fsp3) is 0.280. The van der Waals surface area contributed by atoms with Gasteiger partial charge in [0.25, 0.3) is 0 Å². The maximum atomic E-state index is 4.71. The van der Waals surface area contributed by atoms with E-state index in [9.17, 15) is 0 Å². The first-order chi connectivity index (χ1) is 15.8. The second-order valence-electron chi connectivity index (χ2n) is 8.55. The lowest BCUT2D eigenvalue weighted by atomic mass is 9.98. The maximum absolute atomic E-state index is 4.71. The van der Waals surface area contributed by atoms with E-state index >= 15 is 0 Å². The molecule has 4 aromatic heterocycles. The first-order valence-electron chi connectivity index (χ1n) is 11.3. The third kappa shape index (κ3) is 3.44. The Hall–Kier alpha value is -3.58. The maximum Gasteiger partial charge on any atom is 0.181 e. The average molecular weight is 424 g/mol. The quantitative estimate of drug-likeness (QED) is 0.427. The van der Waals surface area contributed by atoms with E-state index < -0.39 is 0 Å². The molecule has 1 aliphatic heterocycles. The molecule has 1 aliphatic rings. The van der Waals surface area contributed by atoms with Crippen molar-refractivity contribution in [3.05, 3.63) is 60.0 Å². The fourth-order valence-electron chi connectivity index (χ4n) is 4.64. The van der Waals surface area contributed by atoms with E-state index in [1.54, 1.807) is 12.4 Å². The van der Waals surface area contributed by atoms with Crippen molar-refractivity contribution in [2.45, 2.75) is 32.7 Å². The summed E-state index contributed by atoms with van der Waals surface area (Å²) in [4.78, 5) is 19.4. The molecule has 2 N–H and O–H groups in total. The van der Waals surface area contributed by atoms with Crippen LogP contribution in [-0.2, 0) is 13.0 Å². The topological polar surface area (TPSA) is 86.4 Å². The van der Waals surface area contributed by atoms with Crippen LogP contribution in [0.4, 0.5) is 0 Å². The van der Waals surface area contributed by atoms with Gasteiger partial charge in [0.1, 0.15) is 5.69 Å². The van der Waals surface area contributed by atoms with Crippen LogP contribution in [0.3, 0.4) is 0 Å². The summed E-state index contributed by atoms with van der Waals surface area (Å²) >= 11 is 0. The van der Waals surface area contributed by atoms with E-state index in [-0.39, 0.29) is 0 Å². The zero-order chi connectivity index (χ0) is 21.5. The number of aromatic amines is 2. The minimum Gasteiger partial charge on any atom is -0.335 e. The van der Waals surface area contributed by atoms with Crippen molar-refractivity contribution in [2.75, 3.05) is 13.1 Å². The summed E-state index contributed by atoms with van der Waals surface area (Å²) in [5.74, 6) is 0.742. The minimum atomic E-state index is 0.686. The monoisotopic (exact) mass is 423 g/mol. The van der Waals surface area contributed by atoms with Crippen LogP contribution < -0.4 is 0 Å². The molecular formula is C25H25N7. The molecule has 6 rings (SSSR count). The Labute approximate surface area is 185 Å². The zero-order valence-corrected chi connectivity index (χ0v) is 18.1. The molecule has 0 aliphatic carbocycles. The number of likely N-dealkylation sites (tertiary alicyclic amines) is 1. The SMILES string of the molecule is CCc1cc(CN2CCCC2)cc(-c2cnc3n[nH]c(-c4nc5ccncc5[nH]4)c3c2)c1. The lowest BCUT2D eigenvalue weighted by Gasteiger charge is -2.16. The summed E-state index contributed by atoms with van der Waals surface area (Å²) in [7, 11) is 0. The molecule has 0 atom stereocenters. The van der Waals surface area contributed by atoms with Crippen molar-refractivity contribution in [3.8, 4) is 22.6 Å². The Morgan fingerprint density at radius 2 is 1.88 bits per heavy atom. The van der Waals surface area contributed by atoms with Gasteiger partial charge in [-0.1, -0.05) is 19.1 Å². The van der Waals surface area contributed by atoms with Gasteiger partial charge in [0.2, 0.25) is 0 Å². The van der Waals surface area contributed by atoms with E-state index in [1.807, 2.05) is 12.3 Å². The summed E-state index contributed by atoms with van der Waals surface area (Å²) in [6.45, 7) is 5.63. The number of pyridine rings is 2. The van der Waals surface area contributed by atoms with Gasteiger partial charge in [0, 0.05) is 24.5 Å². The van der Waals surface area contributed by atoms with Gasteiger partial charge in [0.05, 0.1) is 22.6 Å². The number of H-pyrrole nitrogens is 2. The van der Waals surface area contributed by atoms with Gasteiger partial charge in [-0.25, -0.2) is 9.97 Å². The molecule has 32 heavy (non-hydrogen) atoms. The third-order valence-corrected chi connectivity index (χ3v) is 6.33. The van der Waals surface area contributed by atoms with Gasteiger partial charge >= 0.3 is 0 Å². The molecule has 0 radical (unpaired) electrons.